The Hall–Kier alpha value is -2.40. The Morgan fingerprint density at radius 1 is 0.958 bits per heavy atom. The number of likely N-dealkylation sites (N-methyl/N-ethyl adjacent to an activating group) is 1. The van der Waals surface area contributed by atoms with Gasteiger partial charge in [0.15, 0.2) is 23.0 Å². The second-order valence-electron chi connectivity index (χ2n) is 6.84. The van der Waals surface area contributed by atoms with Crippen molar-refractivity contribution in [2.24, 2.45) is 0 Å². The number of phenolic OH excluding ortho intramolecular Hbond substituents is 2. The highest BCUT2D eigenvalue weighted by Gasteiger charge is 2.48. The molecule has 2 heterocycles. The summed E-state index contributed by atoms with van der Waals surface area (Å²) < 4.78 is 11.3. The fraction of sp³-hybridized carbons (Fsp3) is 0.368. The van der Waals surface area contributed by atoms with Gasteiger partial charge in [-0.3, -0.25) is 4.48 Å². The monoisotopic (exact) mass is 328 g/mol. The van der Waals surface area contributed by atoms with Gasteiger partial charge in [-0.1, -0.05) is 0 Å². The molecular formula is C19H22NO4+. The lowest BCUT2D eigenvalue weighted by molar-refractivity contribution is 0.251. The second kappa shape index (κ2) is 5.05. The summed E-state index contributed by atoms with van der Waals surface area (Å²) in [6.45, 7) is 0.949. The van der Waals surface area contributed by atoms with Gasteiger partial charge in [0.1, 0.15) is 11.7 Å². The highest BCUT2D eigenvalue weighted by molar-refractivity contribution is 5.65. The highest BCUT2D eigenvalue weighted by atomic mass is 16.5. The molecule has 2 N–H and O–H groups in total. The molecule has 0 aliphatic carbocycles. The van der Waals surface area contributed by atoms with E-state index in [4.69, 9.17) is 9.47 Å². The van der Waals surface area contributed by atoms with Gasteiger partial charge in [0, 0.05) is 30.0 Å². The van der Waals surface area contributed by atoms with E-state index in [0.29, 0.717) is 11.5 Å². The molecule has 5 nitrogen and oxygen atoms in total. The number of phenols is 2. The van der Waals surface area contributed by atoms with E-state index < -0.39 is 0 Å². The molecule has 2 aliphatic rings. The molecular weight excluding hydrogens is 306 g/mol. The number of hydrogen-bond acceptors (Lipinski definition) is 4. The van der Waals surface area contributed by atoms with E-state index in [1.54, 1.807) is 14.2 Å². The van der Waals surface area contributed by atoms with E-state index >= 15 is 0 Å². The van der Waals surface area contributed by atoms with Gasteiger partial charge in [-0.25, -0.2) is 0 Å². The topological polar surface area (TPSA) is 58.9 Å². The maximum absolute atomic E-state index is 10.2. The number of nitrogens with zero attached hydrogens (tertiary/aromatic N) is 1. The van der Waals surface area contributed by atoms with Gasteiger partial charge in [-0.05, 0) is 23.8 Å². The van der Waals surface area contributed by atoms with Crippen LogP contribution in [-0.2, 0) is 12.8 Å². The van der Waals surface area contributed by atoms with Crippen molar-refractivity contribution in [2.75, 3.05) is 27.8 Å². The maximum atomic E-state index is 10.2. The normalized spacial score (nSPS) is 24.0. The van der Waals surface area contributed by atoms with Crippen LogP contribution in [0.1, 0.15) is 22.7 Å². The predicted octanol–water partition coefficient (Wildman–Crippen LogP) is 2.91. The molecule has 4 rings (SSSR count). The number of fused-ring (bicyclic) bond motifs is 5. The van der Waals surface area contributed by atoms with E-state index in [0.717, 1.165) is 35.1 Å². The largest absolute Gasteiger partial charge is 0.504 e. The molecule has 126 valence electrons. The first-order valence-corrected chi connectivity index (χ1v) is 8.13. The molecule has 0 unspecified atom stereocenters. The standard InChI is InChI=1S/C19H21NO4/c1-20-5-4-11-7-18(23-2)16(21)9-13(11)15(20)6-12-8-19(24-3)17(22)10-14(12)20/h7-10,15H,4-6H2,1-3H3,(H-,21,22)/p+1/t15-,20-/m0/s1. The van der Waals surface area contributed by atoms with E-state index in [2.05, 4.69) is 7.05 Å². The van der Waals surface area contributed by atoms with Gasteiger partial charge in [-0.2, -0.15) is 0 Å². The summed E-state index contributed by atoms with van der Waals surface area (Å²) in [6.07, 6.45) is 1.77. The molecule has 5 heteroatoms. The van der Waals surface area contributed by atoms with Gasteiger partial charge in [0.2, 0.25) is 0 Å². The summed E-state index contributed by atoms with van der Waals surface area (Å²) in [4.78, 5) is 0. The number of aromatic hydroxyl groups is 2. The Morgan fingerprint density at radius 2 is 1.58 bits per heavy atom. The van der Waals surface area contributed by atoms with E-state index in [-0.39, 0.29) is 17.5 Å². The average molecular weight is 328 g/mol. The van der Waals surface area contributed by atoms with Crippen LogP contribution in [-0.4, -0.2) is 38.0 Å². The SMILES string of the molecule is COc1cc2c(cc1O)[C@@H]1Cc3cc(OC)c(O)cc3[N@+]1(C)CC2. The number of methoxy groups -OCH3 is 2. The fourth-order valence-electron chi connectivity index (χ4n) is 4.34. The van der Waals surface area contributed by atoms with Gasteiger partial charge in [0.25, 0.3) is 0 Å². The molecule has 2 aliphatic heterocycles. The third-order valence-corrected chi connectivity index (χ3v) is 5.68. The lowest BCUT2D eigenvalue weighted by Gasteiger charge is -2.41. The van der Waals surface area contributed by atoms with Crippen molar-refractivity contribution in [3.05, 3.63) is 41.0 Å². The van der Waals surface area contributed by atoms with Crippen molar-refractivity contribution in [3.8, 4) is 23.0 Å². The maximum Gasteiger partial charge on any atom is 0.163 e. The molecule has 2 atom stereocenters. The summed E-state index contributed by atoms with van der Waals surface area (Å²) >= 11 is 0. The second-order valence-corrected chi connectivity index (χ2v) is 6.84. The van der Waals surface area contributed by atoms with Crippen molar-refractivity contribution in [3.63, 3.8) is 0 Å². The molecule has 0 radical (unpaired) electrons. The molecule has 2 aromatic carbocycles. The van der Waals surface area contributed by atoms with E-state index in [1.165, 1.54) is 11.1 Å². The molecule has 0 saturated carbocycles. The molecule has 0 fully saturated rings. The zero-order chi connectivity index (χ0) is 17.1. The Balaban J connectivity index is 1.85. The van der Waals surface area contributed by atoms with Crippen LogP contribution >= 0.6 is 0 Å². The summed E-state index contributed by atoms with van der Waals surface area (Å²) in [6, 6.07) is 7.80. The van der Waals surface area contributed by atoms with E-state index in [1.807, 2.05) is 24.3 Å². The Kier molecular flexibility index (Phi) is 3.18. The molecule has 2 aromatic rings. The summed E-state index contributed by atoms with van der Waals surface area (Å²) in [7, 11) is 5.34. The third-order valence-electron chi connectivity index (χ3n) is 5.68. The van der Waals surface area contributed by atoms with Crippen LogP contribution in [0.3, 0.4) is 0 Å². The van der Waals surface area contributed by atoms with Crippen molar-refractivity contribution in [2.45, 2.75) is 18.9 Å². The number of ether oxygens (including phenoxy) is 2. The predicted molar refractivity (Wildman–Crippen MR) is 92.1 cm³/mol. The van der Waals surface area contributed by atoms with Crippen LogP contribution in [0.2, 0.25) is 0 Å². The summed E-state index contributed by atoms with van der Waals surface area (Å²) in [5, 5.41) is 20.4. The van der Waals surface area contributed by atoms with Crippen LogP contribution in [0, 0.1) is 0 Å². The van der Waals surface area contributed by atoms with Crippen LogP contribution in [0.15, 0.2) is 24.3 Å². The highest BCUT2D eigenvalue weighted by Crippen LogP contribution is 2.52. The lowest BCUT2D eigenvalue weighted by atomic mass is 9.90. The smallest absolute Gasteiger partial charge is 0.163 e. The molecule has 24 heavy (non-hydrogen) atoms. The zero-order valence-electron chi connectivity index (χ0n) is 14.2. The molecule has 0 amide bonds. The Labute approximate surface area is 141 Å². The van der Waals surface area contributed by atoms with Gasteiger partial charge >= 0.3 is 0 Å². The minimum atomic E-state index is 0.180. The third kappa shape index (κ3) is 1.91. The first-order chi connectivity index (χ1) is 11.5. The fourth-order valence-corrected chi connectivity index (χ4v) is 4.34. The molecule has 0 bridgehead atoms. The van der Waals surface area contributed by atoms with Crippen LogP contribution in [0.4, 0.5) is 5.69 Å². The first kappa shape index (κ1) is 15.1. The summed E-state index contributed by atoms with van der Waals surface area (Å²) in [5.41, 5.74) is 4.73. The molecule has 0 aromatic heterocycles. The van der Waals surface area contributed by atoms with Crippen molar-refractivity contribution in [1.29, 1.82) is 0 Å². The number of quaternary nitrogens is 1. The van der Waals surface area contributed by atoms with Crippen molar-refractivity contribution >= 4 is 5.69 Å². The minimum absolute atomic E-state index is 0.180. The van der Waals surface area contributed by atoms with Gasteiger partial charge in [0.05, 0.1) is 27.8 Å². The van der Waals surface area contributed by atoms with Gasteiger partial charge < -0.3 is 19.7 Å². The number of hydrogen-bond donors (Lipinski definition) is 2. The first-order valence-electron chi connectivity index (χ1n) is 8.13. The van der Waals surface area contributed by atoms with Crippen LogP contribution < -0.4 is 14.0 Å². The quantitative estimate of drug-likeness (QED) is 0.832. The summed E-state index contributed by atoms with van der Waals surface area (Å²) in [5.74, 6) is 1.40. The van der Waals surface area contributed by atoms with E-state index in [9.17, 15) is 10.2 Å². The average Bonchev–Trinajstić information content (AvgIpc) is 2.86. The Bertz CT molecular complexity index is 833. The van der Waals surface area contributed by atoms with Crippen LogP contribution in [0.25, 0.3) is 0 Å². The minimum Gasteiger partial charge on any atom is -0.504 e. The zero-order valence-corrected chi connectivity index (χ0v) is 14.2. The molecule has 0 spiro atoms. The number of rotatable bonds is 2. The van der Waals surface area contributed by atoms with Gasteiger partial charge in [-0.15, -0.1) is 0 Å². The number of benzene rings is 2. The van der Waals surface area contributed by atoms with Crippen molar-refractivity contribution in [1.82, 2.24) is 4.48 Å². The van der Waals surface area contributed by atoms with Crippen molar-refractivity contribution < 1.29 is 19.7 Å². The Morgan fingerprint density at radius 3 is 2.25 bits per heavy atom. The lowest BCUT2D eigenvalue weighted by Crippen LogP contribution is -2.50. The molecule has 0 saturated heterocycles. The van der Waals surface area contributed by atoms with Crippen LogP contribution in [0.5, 0.6) is 23.0 Å².